The highest BCUT2D eigenvalue weighted by Gasteiger charge is 2.16. The Morgan fingerprint density at radius 1 is 1.09 bits per heavy atom. The fourth-order valence-corrected chi connectivity index (χ4v) is 3.85. The normalized spacial score (nSPS) is 10.8. The summed E-state index contributed by atoms with van der Waals surface area (Å²) in [7, 11) is 0. The van der Waals surface area contributed by atoms with Gasteiger partial charge in [-0.2, -0.15) is 0 Å². The molecule has 0 atom stereocenters. The summed E-state index contributed by atoms with van der Waals surface area (Å²) in [6.45, 7) is 0.274. The van der Waals surface area contributed by atoms with E-state index in [1.807, 2.05) is 12.3 Å². The number of amides is 2. The Kier molecular flexibility index (Phi) is 7.16. The summed E-state index contributed by atoms with van der Waals surface area (Å²) in [6.07, 6.45) is 3.34. The van der Waals surface area contributed by atoms with Crippen LogP contribution in [0, 0.1) is 0 Å². The fraction of sp³-hybridized carbons (Fsp3) is 0.0870. The number of rotatable bonds is 6. The van der Waals surface area contributed by atoms with Gasteiger partial charge in [0.05, 0.1) is 10.7 Å². The van der Waals surface area contributed by atoms with Gasteiger partial charge in [-0.3, -0.25) is 14.4 Å². The molecule has 0 aliphatic heterocycles. The lowest BCUT2D eigenvalue weighted by molar-refractivity contribution is 0.0949. The number of carbonyl (C=O) groups excluding carboxylic acids is 2. The molecule has 0 radical (unpaired) electrons. The van der Waals surface area contributed by atoms with Crippen molar-refractivity contribution in [2.45, 2.75) is 11.7 Å². The van der Waals surface area contributed by atoms with Gasteiger partial charge in [-0.25, -0.2) is 9.97 Å². The number of anilines is 1. The number of hydrogen-bond donors (Lipinski definition) is 3. The molecule has 0 saturated heterocycles. The molecule has 2 aromatic carbocycles. The number of thioether (sulfide) groups is 1. The van der Waals surface area contributed by atoms with E-state index in [0.717, 1.165) is 5.56 Å². The lowest BCUT2D eigenvalue weighted by atomic mass is 10.1. The number of carbonyl (C=O) groups is 2. The van der Waals surface area contributed by atoms with Crippen LogP contribution in [0.5, 0.6) is 0 Å². The largest absolute Gasteiger partial charge is 0.348 e. The number of nitrogens with one attached hydrogen (secondary N) is 3. The number of pyridine rings is 1. The van der Waals surface area contributed by atoms with Gasteiger partial charge in [0.2, 0.25) is 0 Å². The van der Waals surface area contributed by atoms with Crippen molar-refractivity contribution >= 4 is 63.5 Å². The second kappa shape index (κ2) is 10.3. The molecule has 34 heavy (non-hydrogen) atoms. The van der Waals surface area contributed by atoms with Crippen LogP contribution >= 0.6 is 35.0 Å². The molecule has 8 nitrogen and oxygen atoms in total. The monoisotopic (exact) mass is 513 g/mol. The Bertz CT molecular complexity index is 1470. The molecule has 2 amide bonds. The average Bonchev–Trinajstić information content (AvgIpc) is 2.83. The van der Waals surface area contributed by atoms with Gasteiger partial charge >= 0.3 is 0 Å². The van der Waals surface area contributed by atoms with E-state index in [0.29, 0.717) is 21.2 Å². The van der Waals surface area contributed by atoms with Crippen LogP contribution in [0.2, 0.25) is 10.0 Å². The number of nitrogens with zero attached hydrogens (tertiary/aromatic N) is 2. The predicted octanol–water partition coefficient (Wildman–Crippen LogP) is 4.53. The van der Waals surface area contributed by atoms with E-state index in [1.54, 1.807) is 18.2 Å². The molecule has 172 valence electrons. The third-order valence-electron chi connectivity index (χ3n) is 4.82. The predicted molar refractivity (Wildman–Crippen MR) is 134 cm³/mol. The van der Waals surface area contributed by atoms with Gasteiger partial charge in [-0.05, 0) is 48.2 Å². The van der Waals surface area contributed by atoms with Gasteiger partial charge in [0.25, 0.3) is 17.4 Å². The third-order valence-corrected chi connectivity index (χ3v) is 5.94. The van der Waals surface area contributed by atoms with Gasteiger partial charge in [-0.1, -0.05) is 47.1 Å². The summed E-state index contributed by atoms with van der Waals surface area (Å²) >= 11 is 13.5. The van der Waals surface area contributed by atoms with Crippen LogP contribution in [-0.4, -0.2) is 33.0 Å². The van der Waals surface area contributed by atoms with Crippen LogP contribution in [0.3, 0.4) is 0 Å². The minimum Gasteiger partial charge on any atom is -0.348 e. The van der Waals surface area contributed by atoms with Crippen molar-refractivity contribution in [3.63, 3.8) is 0 Å². The Morgan fingerprint density at radius 3 is 2.68 bits per heavy atom. The van der Waals surface area contributed by atoms with Crippen LogP contribution in [0.15, 0.2) is 64.7 Å². The lowest BCUT2D eigenvalue weighted by Gasteiger charge is -2.11. The summed E-state index contributed by atoms with van der Waals surface area (Å²) in [5.41, 5.74) is 0.898. The van der Waals surface area contributed by atoms with Crippen molar-refractivity contribution in [2.75, 3.05) is 11.6 Å². The molecule has 2 aromatic heterocycles. The molecule has 0 saturated carbocycles. The Labute approximate surface area is 208 Å². The fourth-order valence-electron chi connectivity index (χ4n) is 3.13. The smallest absolute Gasteiger partial charge is 0.262 e. The third kappa shape index (κ3) is 5.39. The van der Waals surface area contributed by atoms with Crippen LogP contribution in [0.1, 0.15) is 26.3 Å². The molecular weight excluding hydrogens is 497 g/mol. The second-order valence-corrected chi connectivity index (χ2v) is 8.75. The van der Waals surface area contributed by atoms with E-state index < -0.39 is 11.5 Å². The summed E-state index contributed by atoms with van der Waals surface area (Å²) in [5.74, 6) is -1.05. The summed E-state index contributed by atoms with van der Waals surface area (Å²) < 4.78 is 0. The first kappa shape index (κ1) is 23.7. The number of halogens is 2. The number of benzene rings is 2. The summed E-state index contributed by atoms with van der Waals surface area (Å²) in [5, 5.41) is 7.17. The Hall–Kier alpha value is -3.40. The first-order valence-corrected chi connectivity index (χ1v) is 11.9. The first-order valence-electron chi connectivity index (χ1n) is 9.91. The van der Waals surface area contributed by atoms with Crippen molar-refractivity contribution in [1.82, 2.24) is 20.3 Å². The van der Waals surface area contributed by atoms with Crippen LogP contribution < -0.4 is 16.2 Å². The molecular formula is C23H17Cl2N5O3S. The Morgan fingerprint density at radius 2 is 1.91 bits per heavy atom. The maximum atomic E-state index is 12.8. The van der Waals surface area contributed by atoms with Gasteiger partial charge in [0.1, 0.15) is 11.2 Å². The van der Waals surface area contributed by atoms with Gasteiger partial charge in [-0.15, -0.1) is 0 Å². The zero-order valence-corrected chi connectivity index (χ0v) is 20.0. The Balaban J connectivity index is 1.53. The second-order valence-electron chi connectivity index (χ2n) is 7.13. The highest BCUT2D eigenvalue weighted by atomic mass is 35.5. The van der Waals surface area contributed by atoms with E-state index in [9.17, 15) is 14.4 Å². The standard InChI is InChI=1S/C23H17Cl2N5O3S/c1-34-23-27-11-14-8-16(22(33)29-19(14)30-23)21(32)28-18-9-13(5-6-17(18)25)20(31)26-10-12-3-2-4-15(24)7-12/h2-9,11H,10H2,1H3,(H,26,31)(H,28,32)(H,27,29,30,33). The van der Waals surface area contributed by atoms with E-state index in [2.05, 4.69) is 25.6 Å². The molecule has 4 rings (SSSR count). The number of H-pyrrole nitrogens is 1. The van der Waals surface area contributed by atoms with Crippen molar-refractivity contribution in [3.8, 4) is 0 Å². The minimum absolute atomic E-state index is 0.139. The molecule has 0 fully saturated rings. The molecule has 11 heteroatoms. The van der Waals surface area contributed by atoms with Gasteiger partial charge < -0.3 is 15.6 Å². The van der Waals surface area contributed by atoms with Gasteiger partial charge in [0, 0.05) is 28.7 Å². The quantitative estimate of drug-likeness (QED) is 0.257. The minimum atomic E-state index is -0.685. The van der Waals surface area contributed by atoms with Crippen LogP contribution in [-0.2, 0) is 6.54 Å². The first-order chi connectivity index (χ1) is 16.3. The van der Waals surface area contributed by atoms with E-state index in [4.69, 9.17) is 23.2 Å². The number of fused-ring (bicyclic) bond motifs is 1. The molecule has 2 heterocycles. The maximum absolute atomic E-state index is 12.8. The molecule has 0 aliphatic rings. The zero-order chi connectivity index (χ0) is 24.2. The number of hydrogen-bond acceptors (Lipinski definition) is 6. The summed E-state index contributed by atoms with van der Waals surface area (Å²) in [6, 6.07) is 13.0. The van der Waals surface area contributed by atoms with Crippen molar-refractivity contribution in [1.29, 1.82) is 0 Å². The van der Waals surface area contributed by atoms with E-state index in [-0.39, 0.29) is 34.3 Å². The van der Waals surface area contributed by atoms with E-state index in [1.165, 1.54) is 42.2 Å². The average molecular weight is 514 g/mol. The maximum Gasteiger partial charge on any atom is 0.262 e. The van der Waals surface area contributed by atoms with Crippen molar-refractivity contribution < 1.29 is 9.59 Å². The SMILES string of the molecule is CSc1ncc2cc(C(=O)Nc3cc(C(=O)NCc4cccc(Cl)c4)ccc3Cl)c(=O)[nH]c2n1. The van der Waals surface area contributed by atoms with Crippen LogP contribution in [0.4, 0.5) is 5.69 Å². The lowest BCUT2D eigenvalue weighted by Crippen LogP contribution is -2.24. The highest BCUT2D eigenvalue weighted by Crippen LogP contribution is 2.24. The molecule has 3 N–H and O–H groups in total. The summed E-state index contributed by atoms with van der Waals surface area (Å²) in [4.78, 5) is 48.9. The molecule has 0 unspecified atom stereocenters. The number of aromatic nitrogens is 3. The topological polar surface area (TPSA) is 117 Å². The van der Waals surface area contributed by atoms with Crippen molar-refractivity contribution in [3.05, 3.63) is 91.8 Å². The van der Waals surface area contributed by atoms with Crippen molar-refractivity contribution in [2.24, 2.45) is 0 Å². The number of aromatic amines is 1. The highest BCUT2D eigenvalue weighted by molar-refractivity contribution is 7.98. The zero-order valence-electron chi connectivity index (χ0n) is 17.7. The molecule has 0 bridgehead atoms. The van der Waals surface area contributed by atoms with Gasteiger partial charge in [0.15, 0.2) is 5.16 Å². The molecule has 0 aliphatic carbocycles. The van der Waals surface area contributed by atoms with E-state index >= 15 is 0 Å². The molecule has 4 aromatic rings. The molecule has 0 spiro atoms. The van der Waals surface area contributed by atoms with Crippen LogP contribution in [0.25, 0.3) is 11.0 Å².